The lowest BCUT2D eigenvalue weighted by molar-refractivity contribution is -0.120. The summed E-state index contributed by atoms with van der Waals surface area (Å²) in [4.78, 5) is 11.6. The summed E-state index contributed by atoms with van der Waals surface area (Å²) >= 11 is 0. The number of carbonyl (C=O) groups excluding carboxylic acids is 1. The Balaban J connectivity index is 2.56. The van der Waals surface area contributed by atoms with Crippen molar-refractivity contribution in [3.63, 3.8) is 0 Å². The fourth-order valence-corrected chi connectivity index (χ4v) is 1.42. The minimum Gasteiger partial charge on any atom is -0.409 e. The van der Waals surface area contributed by atoms with Crippen LogP contribution in [0.3, 0.4) is 0 Å². The molecule has 0 saturated heterocycles. The number of hydrogen-bond donors (Lipinski definition) is 3. The van der Waals surface area contributed by atoms with E-state index in [1.807, 2.05) is 13.8 Å². The second-order valence-electron chi connectivity index (χ2n) is 4.56. The molecular weight excluding hydrogens is 230 g/mol. The SMILES string of the molecule is CC(C)CNC(=O)Cc1ccc(/C(N)=N/O)cc1. The molecule has 1 aromatic carbocycles. The van der Waals surface area contributed by atoms with Crippen molar-refractivity contribution >= 4 is 11.7 Å². The Kier molecular flexibility index (Phi) is 5.17. The molecule has 0 aliphatic carbocycles. The molecule has 0 aliphatic heterocycles. The zero-order valence-corrected chi connectivity index (χ0v) is 10.7. The molecule has 0 unspecified atom stereocenters. The molecule has 0 aliphatic rings. The average Bonchev–Trinajstić information content (AvgIpc) is 2.36. The van der Waals surface area contributed by atoms with E-state index in [9.17, 15) is 4.79 Å². The van der Waals surface area contributed by atoms with E-state index >= 15 is 0 Å². The van der Waals surface area contributed by atoms with E-state index in [1.165, 1.54) is 0 Å². The van der Waals surface area contributed by atoms with Gasteiger partial charge in [0.25, 0.3) is 0 Å². The smallest absolute Gasteiger partial charge is 0.224 e. The van der Waals surface area contributed by atoms with E-state index in [4.69, 9.17) is 10.9 Å². The molecule has 1 aromatic rings. The first-order chi connectivity index (χ1) is 8.52. The lowest BCUT2D eigenvalue weighted by atomic mass is 10.1. The zero-order valence-electron chi connectivity index (χ0n) is 10.7. The van der Waals surface area contributed by atoms with Crippen LogP contribution >= 0.6 is 0 Å². The minimum atomic E-state index is 0.000229. The van der Waals surface area contributed by atoms with Gasteiger partial charge in [0.15, 0.2) is 5.84 Å². The highest BCUT2D eigenvalue weighted by atomic mass is 16.4. The van der Waals surface area contributed by atoms with Crippen molar-refractivity contribution < 1.29 is 10.0 Å². The van der Waals surface area contributed by atoms with Crippen molar-refractivity contribution in [3.8, 4) is 0 Å². The molecule has 1 rings (SSSR count). The Morgan fingerprint density at radius 1 is 1.39 bits per heavy atom. The molecule has 98 valence electrons. The lowest BCUT2D eigenvalue weighted by Crippen LogP contribution is -2.28. The predicted molar refractivity (Wildman–Crippen MR) is 70.5 cm³/mol. The fourth-order valence-electron chi connectivity index (χ4n) is 1.42. The van der Waals surface area contributed by atoms with Crippen LogP contribution in [0.5, 0.6) is 0 Å². The summed E-state index contributed by atoms with van der Waals surface area (Å²) < 4.78 is 0. The molecule has 5 nitrogen and oxygen atoms in total. The van der Waals surface area contributed by atoms with Gasteiger partial charge in [-0.05, 0) is 11.5 Å². The quantitative estimate of drug-likeness (QED) is 0.316. The van der Waals surface area contributed by atoms with Crippen LogP contribution in [0.1, 0.15) is 25.0 Å². The van der Waals surface area contributed by atoms with Crippen LogP contribution in [-0.4, -0.2) is 23.5 Å². The van der Waals surface area contributed by atoms with Gasteiger partial charge in [-0.15, -0.1) is 0 Å². The zero-order chi connectivity index (χ0) is 13.5. The first-order valence-electron chi connectivity index (χ1n) is 5.86. The van der Waals surface area contributed by atoms with Gasteiger partial charge in [0.05, 0.1) is 6.42 Å². The molecule has 0 aromatic heterocycles. The predicted octanol–water partition coefficient (Wildman–Crippen LogP) is 1.10. The summed E-state index contributed by atoms with van der Waals surface area (Å²) in [5.41, 5.74) is 6.97. The van der Waals surface area contributed by atoms with Crippen LogP contribution in [-0.2, 0) is 11.2 Å². The minimum absolute atomic E-state index is 0.000229. The van der Waals surface area contributed by atoms with Gasteiger partial charge in [0.2, 0.25) is 5.91 Å². The number of nitrogens with two attached hydrogens (primary N) is 1. The van der Waals surface area contributed by atoms with E-state index in [0.29, 0.717) is 24.4 Å². The normalized spacial score (nSPS) is 11.6. The summed E-state index contributed by atoms with van der Waals surface area (Å²) in [5, 5.41) is 14.3. The van der Waals surface area contributed by atoms with Crippen LogP contribution in [0.25, 0.3) is 0 Å². The molecule has 0 saturated carbocycles. The number of hydrogen-bond acceptors (Lipinski definition) is 3. The van der Waals surface area contributed by atoms with Gasteiger partial charge < -0.3 is 16.3 Å². The number of carbonyl (C=O) groups is 1. The fraction of sp³-hybridized carbons (Fsp3) is 0.385. The number of nitrogens with zero attached hydrogens (tertiary/aromatic N) is 1. The van der Waals surface area contributed by atoms with Crippen molar-refractivity contribution in [2.24, 2.45) is 16.8 Å². The first-order valence-corrected chi connectivity index (χ1v) is 5.86. The average molecular weight is 249 g/mol. The molecule has 0 fully saturated rings. The summed E-state index contributed by atoms with van der Waals surface area (Å²) in [7, 11) is 0. The van der Waals surface area contributed by atoms with Crippen molar-refractivity contribution in [1.29, 1.82) is 0 Å². The van der Waals surface area contributed by atoms with Gasteiger partial charge in [0, 0.05) is 12.1 Å². The van der Waals surface area contributed by atoms with Crippen molar-refractivity contribution in [2.45, 2.75) is 20.3 Å². The van der Waals surface area contributed by atoms with E-state index in [0.717, 1.165) is 5.56 Å². The van der Waals surface area contributed by atoms with Crippen LogP contribution in [0.4, 0.5) is 0 Å². The van der Waals surface area contributed by atoms with Crippen LogP contribution in [0.15, 0.2) is 29.4 Å². The molecule has 1 amide bonds. The monoisotopic (exact) mass is 249 g/mol. The highest BCUT2D eigenvalue weighted by molar-refractivity contribution is 5.97. The molecule has 0 bridgehead atoms. The summed E-state index contributed by atoms with van der Waals surface area (Å²) in [6.07, 6.45) is 0.336. The van der Waals surface area contributed by atoms with Gasteiger partial charge in [0.1, 0.15) is 0 Å². The standard InChI is InChI=1S/C13H19N3O2/c1-9(2)8-15-12(17)7-10-3-5-11(6-4-10)13(14)16-18/h3-6,9,18H,7-8H2,1-2H3,(H2,14,16)(H,15,17). The molecule has 5 heteroatoms. The number of rotatable bonds is 5. The number of oxime groups is 1. The van der Waals surface area contributed by atoms with Crippen LogP contribution in [0, 0.1) is 5.92 Å². The van der Waals surface area contributed by atoms with Gasteiger partial charge in [-0.1, -0.05) is 43.3 Å². The van der Waals surface area contributed by atoms with Crippen molar-refractivity contribution in [2.75, 3.05) is 6.54 Å². The molecule has 4 N–H and O–H groups in total. The molecule has 18 heavy (non-hydrogen) atoms. The van der Waals surface area contributed by atoms with E-state index in [-0.39, 0.29) is 11.7 Å². The maximum absolute atomic E-state index is 11.6. The maximum atomic E-state index is 11.6. The second-order valence-corrected chi connectivity index (χ2v) is 4.56. The van der Waals surface area contributed by atoms with Gasteiger partial charge in [-0.3, -0.25) is 4.79 Å². The Hall–Kier alpha value is -2.04. The van der Waals surface area contributed by atoms with Crippen molar-refractivity contribution in [3.05, 3.63) is 35.4 Å². The summed E-state index contributed by atoms with van der Waals surface area (Å²) in [6, 6.07) is 7.03. The van der Waals surface area contributed by atoms with E-state index in [1.54, 1.807) is 24.3 Å². The second kappa shape index (κ2) is 6.64. The molecular formula is C13H19N3O2. The Labute approximate surface area is 107 Å². The highest BCUT2D eigenvalue weighted by Crippen LogP contribution is 2.05. The van der Waals surface area contributed by atoms with E-state index < -0.39 is 0 Å². The van der Waals surface area contributed by atoms with Crippen molar-refractivity contribution in [1.82, 2.24) is 5.32 Å². The van der Waals surface area contributed by atoms with Gasteiger partial charge >= 0.3 is 0 Å². The van der Waals surface area contributed by atoms with Crippen LogP contribution in [0.2, 0.25) is 0 Å². The Morgan fingerprint density at radius 2 is 2.00 bits per heavy atom. The molecule has 0 atom stereocenters. The largest absolute Gasteiger partial charge is 0.409 e. The number of amidine groups is 1. The maximum Gasteiger partial charge on any atom is 0.224 e. The first kappa shape index (κ1) is 14.0. The lowest BCUT2D eigenvalue weighted by Gasteiger charge is -2.07. The number of benzene rings is 1. The third-order valence-corrected chi connectivity index (χ3v) is 2.43. The molecule has 0 radical (unpaired) electrons. The Morgan fingerprint density at radius 3 is 2.50 bits per heavy atom. The van der Waals surface area contributed by atoms with E-state index in [2.05, 4.69) is 10.5 Å². The third-order valence-electron chi connectivity index (χ3n) is 2.43. The summed E-state index contributed by atoms with van der Waals surface area (Å²) in [5.74, 6) is 0.503. The highest BCUT2D eigenvalue weighted by Gasteiger charge is 2.05. The number of nitrogens with one attached hydrogen (secondary N) is 1. The van der Waals surface area contributed by atoms with Gasteiger partial charge in [-0.2, -0.15) is 0 Å². The van der Waals surface area contributed by atoms with Gasteiger partial charge in [-0.25, -0.2) is 0 Å². The van der Waals surface area contributed by atoms with Crippen LogP contribution < -0.4 is 11.1 Å². The molecule has 0 spiro atoms. The number of amides is 1. The Bertz CT molecular complexity index is 424. The third kappa shape index (κ3) is 4.45. The molecule has 0 heterocycles. The summed E-state index contributed by atoms with van der Waals surface area (Å²) in [6.45, 7) is 4.78. The topological polar surface area (TPSA) is 87.7 Å².